The van der Waals surface area contributed by atoms with Gasteiger partial charge >= 0.3 is 0 Å². The van der Waals surface area contributed by atoms with Crippen LogP contribution in [0.25, 0.3) is 0 Å². The number of nitrogens with zero attached hydrogens (tertiary/aromatic N) is 1. The smallest absolute Gasteiger partial charge is 0.123 e. The van der Waals surface area contributed by atoms with Crippen LogP contribution in [0.4, 0.5) is 4.39 Å². The van der Waals surface area contributed by atoms with Crippen LogP contribution in [0.1, 0.15) is 37.4 Å². The number of aliphatic hydroxyl groups is 1. The van der Waals surface area contributed by atoms with Crippen molar-refractivity contribution in [3.8, 4) is 0 Å². The Morgan fingerprint density at radius 1 is 1.14 bits per heavy atom. The van der Waals surface area contributed by atoms with Crippen molar-refractivity contribution < 1.29 is 9.50 Å². The fraction of sp³-hybridized carbons (Fsp3) is 0.647. The Kier molecular flexibility index (Phi) is 4.88. The molecule has 1 aliphatic carbocycles. The molecule has 0 radical (unpaired) electrons. The number of piperidine rings is 1. The fourth-order valence-corrected chi connectivity index (χ4v) is 3.22. The largest absolute Gasteiger partial charge is 0.387 e. The van der Waals surface area contributed by atoms with E-state index < -0.39 is 6.10 Å². The van der Waals surface area contributed by atoms with Crippen molar-refractivity contribution in [3.63, 3.8) is 0 Å². The predicted octanol–water partition coefficient (Wildman–Crippen LogP) is 2.32. The monoisotopic (exact) mass is 292 g/mol. The van der Waals surface area contributed by atoms with E-state index >= 15 is 0 Å². The lowest BCUT2D eigenvalue weighted by Crippen LogP contribution is -2.39. The molecule has 1 aromatic rings. The summed E-state index contributed by atoms with van der Waals surface area (Å²) in [5.74, 6) is 0.493. The minimum Gasteiger partial charge on any atom is -0.387 e. The van der Waals surface area contributed by atoms with E-state index in [0.717, 1.165) is 31.1 Å². The molecule has 1 heterocycles. The van der Waals surface area contributed by atoms with Gasteiger partial charge in [0.2, 0.25) is 0 Å². The molecule has 4 heteroatoms. The molecule has 1 aliphatic heterocycles. The second-order valence-corrected chi connectivity index (χ2v) is 6.45. The molecule has 1 unspecified atom stereocenters. The summed E-state index contributed by atoms with van der Waals surface area (Å²) in [5.41, 5.74) is 0.812. The Morgan fingerprint density at radius 3 is 2.43 bits per heavy atom. The number of benzene rings is 1. The van der Waals surface area contributed by atoms with Crippen molar-refractivity contribution in [1.29, 1.82) is 0 Å². The zero-order chi connectivity index (χ0) is 14.7. The number of aliphatic hydroxyl groups excluding tert-OH is 1. The summed E-state index contributed by atoms with van der Waals surface area (Å²) in [6.45, 7) is 3.98. The molecule has 1 saturated heterocycles. The summed E-state index contributed by atoms with van der Waals surface area (Å²) in [7, 11) is 0. The fourth-order valence-electron chi connectivity index (χ4n) is 3.22. The van der Waals surface area contributed by atoms with Crippen molar-refractivity contribution in [3.05, 3.63) is 35.6 Å². The first kappa shape index (κ1) is 14.9. The standard InChI is InChI=1S/C17H25FN2O/c18-15-3-1-14(2-4-15)17(21)12-20(16-5-6-16)11-13-7-9-19-10-8-13/h1-4,13,16-17,19,21H,5-12H2. The van der Waals surface area contributed by atoms with Gasteiger partial charge in [0, 0.05) is 19.1 Å². The minimum atomic E-state index is -0.520. The first-order valence-electron chi connectivity index (χ1n) is 8.10. The lowest BCUT2D eigenvalue weighted by Gasteiger charge is -2.31. The molecular formula is C17H25FN2O. The van der Waals surface area contributed by atoms with E-state index in [9.17, 15) is 9.50 Å². The Bertz CT molecular complexity index is 441. The average Bonchev–Trinajstić information content (AvgIpc) is 3.33. The number of nitrogens with one attached hydrogen (secondary N) is 1. The molecule has 2 aliphatic rings. The first-order valence-corrected chi connectivity index (χ1v) is 8.10. The molecule has 1 atom stereocenters. The number of rotatable bonds is 6. The van der Waals surface area contributed by atoms with Crippen LogP contribution in [0.5, 0.6) is 0 Å². The summed E-state index contributed by atoms with van der Waals surface area (Å²) >= 11 is 0. The Balaban J connectivity index is 1.57. The summed E-state index contributed by atoms with van der Waals surface area (Å²) in [6.07, 6.45) is 4.45. The predicted molar refractivity (Wildman–Crippen MR) is 81.5 cm³/mol. The van der Waals surface area contributed by atoms with Gasteiger partial charge in [0.1, 0.15) is 5.82 Å². The van der Waals surface area contributed by atoms with Crippen LogP contribution in [0.15, 0.2) is 24.3 Å². The van der Waals surface area contributed by atoms with Crippen molar-refractivity contribution in [2.24, 2.45) is 5.92 Å². The zero-order valence-electron chi connectivity index (χ0n) is 12.5. The summed E-state index contributed by atoms with van der Waals surface area (Å²) in [6, 6.07) is 6.88. The van der Waals surface area contributed by atoms with Crippen LogP contribution < -0.4 is 5.32 Å². The molecule has 0 spiro atoms. The van der Waals surface area contributed by atoms with Crippen LogP contribution >= 0.6 is 0 Å². The van der Waals surface area contributed by atoms with E-state index in [1.807, 2.05) is 0 Å². The second kappa shape index (κ2) is 6.86. The highest BCUT2D eigenvalue weighted by Crippen LogP contribution is 2.30. The van der Waals surface area contributed by atoms with Gasteiger partial charge in [0.15, 0.2) is 0 Å². The van der Waals surface area contributed by atoms with E-state index in [4.69, 9.17) is 0 Å². The van der Waals surface area contributed by atoms with Crippen molar-refractivity contribution >= 4 is 0 Å². The lowest BCUT2D eigenvalue weighted by atomic mass is 9.97. The van der Waals surface area contributed by atoms with Crippen LogP contribution in [-0.2, 0) is 0 Å². The van der Waals surface area contributed by atoms with Gasteiger partial charge in [-0.1, -0.05) is 12.1 Å². The summed E-state index contributed by atoms with van der Waals surface area (Å²) < 4.78 is 13.0. The second-order valence-electron chi connectivity index (χ2n) is 6.45. The molecule has 3 rings (SSSR count). The number of hydrogen-bond donors (Lipinski definition) is 2. The van der Waals surface area contributed by atoms with Gasteiger partial charge in [0.25, 0.3) is 0 Å². The van der Waals surface area contributed by atoms with E-state index in [1.165, 1.54) is 37.8 Å². The molecule has 2 fully saturated rings. The average molecular weight is 292 g/mol. The molecule has 0 amide bonds. The highest BCUT2D eigenvalue weighted by Gasteiger charge is 2.32. The van der Waals surface area contributed by atoms with Gasteiger partial charge in [-0.3, -0.25) is 4.90 Å². The maximum atomic E-state index is 13.0. The first-order chi connectivity index (χ1) is 10.2. The third kappa shape index (κ3) is 4.25. The summed E-state index contributed by atoms with van der Waals surface area (Å²) in [5, 5.41) is 13.8. The quantitative estimate of drug-likeness (QED) is 0.844. The van der Waals surface area contributed by atoms with Crippen LogP contribution in [-0.4, -0.2) is 42.2 Å². The van der Waals surface area contributed by atoms with E-state index in [0.29, 0.717) is 12.6 Å². The maximum Gasteiger partial charge on any atom is 0.123 e. The third-order valence-corrected chi connectivity index (χ3v) is 4.68. The van der Waals surface area contributed by atoms with Crippen molar-refractivity contribution in [2.75, 3.05) is 26.2 Å². The molecule has 116 valence electrons. The number of hydrogen-bond acceptors (Lipinski definition) is 3. The van der Waals surface area contributed by atoms with Crippen LogP contribution in [0, 0.1) is 11.7 Å². The Morgan fingerprint density at radius 2 is 1.81 bits per heavy atom. The molecule has 3 nitrogen and oxygen atoms in total. The third-order valence-electron chi connectivity index (χ3n) is 4.68. The van der Waals surface area contributed by atoms with Gasteiger partial charge in [-0.15, -0.1) is 0 Å². The Labute approximate surface area is 126 Å². The van der Waals surface area contributed by atoms with Crippen LogP contribution in [0.3, 0.4) is 0 Å². The van der Waals surface area contributed by atoms with Crippen molar-refractivity contribution in [1.82, 2.24) is 10.2 Å². The highest BCUT2D eigenvalue weighted by molar-refractivity contribution is 5.18. The SMILES string of the molecule is OC(CN(CC1CCNCC1)C1CC1)c1ccc(F)cc1. The molecule has 21 heavy (non-hydrogen) atoms. The Hall–Kier alpha value is -0.970. The van der Waals surface area contributed by atoms with Gasteiger partial charge < -0.3 is 10.4 Å². The number of halogens is 1. The highest BCUT2D eigenvalue weighted by atomic mass is 19.1. The topological polar surface area (TPSA) is 35.5 Å². The maximum absolute atomic E-state index is 13.0. The van der Waals surface area contributed by atoms with E-state index in [2.05, 4.69) is 10.2 Å². The van der Waals surface area contributed by atoms with Gasteiger partial charge in [-0.2, -0.15) is 0 Å². The molecule has 1 aromatic carbocycles. The molecule has 1 saturated carbocycles. The normalized spacial score (nSPS) is 21.7. The molecular weight excluding hydrogens is 267 g/mol. The van der Waals surface area contributed by atoms with Crippen molar-refractivity contribution in [2.45, 2.75) is 37.8 Å². The molecule has 0 aromatic heterocycles. The minimum absolute atomic E-state index is 0.250. The van der Waals surface area contributed by atoms with E-state index in [-0.39, 0.29) is 5.82 Å². The molecule has 0 bridgehead atoms. The van der Waals surface area contributed by atoms with Gasteiger partial charge in [-0.25, -0.2) is 4.39 Å². The van der Waals surface area contributed by atoms with Gasteiger partial charge in [0.05, 0.1) is 6.10 Å². The van der Waals surface area contributed by atoms with Gasteiger partial charge in [-0.05, 0) is 62.4 Å². The zero-order valence-corrected chi connectivity index (χ0v) is 12.5. The summed E-state index contributed by atoms with van der Waals surface area (Å²) in [4.78, 5) is 2.45. The molecule has 2 N–H and O–H groups in total. The van der Waals surface area contributed by atoms with E-state index in [1.54, 1.807) is 12.1 Å². The van der Waals surface area contributed by atoms with Crippen LogP contribution in [0.2, 0.25) is 0 Å². The lowest BCUT2D eigenvalue weighted by molar-refractivity contribution is 0.0934.